The number of halogens is 1. The first-order chi connectivity index (χ1) is 7.22. The summed E-state index contributed by atoms with van der Waals surface area (Å²) in [4.78, 5) is 11.1. The third kappa shape index (κ3) is 1.88. The van der Waals surface area contributed by atoms with Crippen LogP contribution in [-0.2, 0) is 11.3 Å². The lowest BCUT2D eigenvalue weighted by Gasteiger charge is -2.03. The number of aromatic nitrogens is 1. The van der Waals surface area contributed by atoms with Gasteiger partial charge in [-0.2, -0.15) is 0 Å². The second-order valence-corrected chi connectivity index (χ2v) is 4.04. The zero-order valence-corrected chi connectivity index (χ0v) is 9.49. The summed E-state index contributed by atoms with van der Waals surface area (Å²) in [6.45, 7) is 0.233. The molecule has 0 aliphatic carbocycles. The van der Waals surface area contributed by atoms with E-state index >= 15 is 0 Å². The lowest BCUT2D eigenvalue weighted by atomic mass is 10.2. The molecule has 78 valence electrons. The largest absolute Gasteiger partial charge is 0.338 e. The number of fused-ring (bicyclic) bond motifs is 1. The van der Waals surface area contributed by atoms with Gasteiger partial charge < -0.3 is 4.57 Å². The van der Waals surface area contributed by atoms with Gasteiger partial charge in [0.15, 0.2) is 0 Å². The van der Waals surface area contributed by atoms with Crippen molar-refractivity contribution >= 4 is 32.7 Å². The van der Waals surface area contributed by atoms with Crippen molar-refractivity contribution in [3.8, 4) is 0 Å². The number of hydrogen-bond donors (Lipinski definition) is 2. The van der Waals surface area contributed by atoms with Gasteiger partial charge in [0.1, 0.15) is 6.54 Å². The van der Waals surface area contributed by atoms with Gasteiger partial charge in [-0.15, -0.1) is 0 Å². The van der Waals surface area contributed by atoms with Crippen LogP contribution in [0.15, 0.2) is 34.9 Å². The number of benzene rings is 1. The predicted molar refractivity (Wildman–Crippen MR) is 62.0 cm³/mol. The SMILES string of the molecule is NNC(=O)Cn1ccc2c(Br)cccc21. The monoisotopic (exact) mass is 267 g/mol. The fourth-order valence-electron chi connectivity index (χ4n) is 1.52. The van der Waals surface area contributed by atoms with Crippen LogP contribution in [0.5, 0.6) is 0 Å². The van der Waals surface area contributed by atoms with Gasteiger partial charge in [-0.1, -0.05) is 22.0 Å². The summed E-state index contributed by atoms with van der Waals surface area (Å²) in [7, 11) is 0. The smallest absolute Gasteiger partial charge is 0.253 e. The highest BCUT2D eigenvalue weighted by Gasteiger charge is 2.06. The normalized spacial score (nSPS) is 10.5. The first-order valence-electron chi connectivity index (χ1n) is 4.45. The quantitative estimate of drug-likeness (QED) is 0.491. The Morgan fingerprint density at radius 1 is 1.47 bits per heavy atom. The third-order valence-electron chi connectivity index (χ3n) is 2.24. The molecule has 2 rings (SSSR count). The summed E-state index contributed by atoms with van der Waals surface area (Å²) in [6.07, 6.45) is 1.87. The van der Waals surface area contributed by atoms with Crippen LogP contribution in [-0.4, -0.2) is 10.5 Å². The maximum Gasteiger partial charge on any atom is 0.253 e. The average molecular weight is 268 g/mol. The second kappa shape index (κ2) is 4.04. The molecule has 0 unspecified atom stereocenters. The van der Waals surface area contributed by atoms with Gasteiger partial charge in [-0.25, -0.2) is 5.84 Å². The molecule has 0 bridgehead atoms. The van der Waals surface area contributed by atoms with Crippen molar-refractivity contribution in [3.05, 3.63) is 34.9 Å². The van der Waals surface area contributed by atoms with Crippen molar-refractivity contribution in [2.75, 3.05) is 0 Å². The number of hydrogen-bond acceptors (Lipinski definition) is 2. The van der Waals surface area contributed by atoms with Gasteiger partial charge in [0.25, 0.3) is 5.91 Å². The van der Waals surface area contributed by atoms with Crippen molar-refractivity contribution < 1.29 is 4.79 Å². The summed E-state index contributed by atoms with van der Waals surface area (Å²) in [5, 5.41) is 1.09. The fourth-order valence-corrected chi connectivity index (χ4v) is 2.01. The van der Waals surface area contributed by atoms with Crippen LogP contribution in [0.25, 0.3) is 10.9 Å². The first-order valence-corrected chi connectivity index (χ1v) is 5.24. The van der Waals surface area contributed by atoms with Crippen LogP contribution < -0.4 is 11.3 Å². The fraction of sp³-hybridized carbons (Fsp3) is 0.100. The van der Waals surface area contributed by atoms with E-state index in [2.05, 4.69) is 21.4 Å². The number of hydrazine groups is 1. The van der Waals surface area contributed by atoms with Gasteiger partial charge in [-0.05, 0) is 18.2 Å². The molecule has 4 nitrogen and oxygen atoms in total. The van der Waals surface area contributed by atoms with E-state index in [0.717, 1.165) is 15.4 Å². The lowest BCUT2D eigenvalue weighted by Crippen LogP contribution is -2.33. The number of nitrogens with one attached hydrogen (secondary N) is 1. The molecular formula is C10H10BrN3O. The topological polar surface area (TPSA) is 60.0 Å². The molecule has 1 heterocycles. The Kier molecular flexibility index (Phi) is 2.75. The van der Waals surface area contributed by atoms with E-state index in [9.17, 15) is 4.79 Å². The Morgan fingerprint density at radius 3 is 3.00 bits per heavy atom. The molecule has 0 atom stereocenters. The van der Waals surface area contributed by atoms with Gasteiger partial charge >= 0.3 is 0 Å². The van der Waals surface area contributed by atoms with Gasteiger partial charge in [0.2, 0.25) is 0 Å². The number of nitrogens with zero attached hydrogens (tertiary/aromatic N) is 1. The Labute approximate surface area is 95.2 Å². The molecule has 3 N–H and O–H groups in total. The Hall–Kier alpha value is -1.33. The molecule has 1 aromatic heterocycles. The molecule has 0 saturated heterocycles. The Bertz CT molecular complexity index is 506. The van der Waals surface area contributed by atoms with E-state index in [1.807, 2.05) is 35.0 Å². The second-order valence-electron chi connectivity index (χ2n) is 3.18. The van der Waals surface area contributed by atoms with Gasteiger partial charge in [-0.3, -0.25) is 10.2 Å². The van der Waals surface area contributed by atoms with Crippen LogP contribution in [0.4, 0.5) is 0 Å². The average Bonchev–Trinajstić information content (AvgIpc) is 2.63. The van der Waals surface area contributed by atoms with Gasteiger partial charge in [0.05, 0.1) is 0 Å². The number of nitrogens with two attached hydrogens (primary N) is 1. The molecule has 1 amide bonds. The number of carbonyl (C=O) groups is 1. The maximum absolute atomic E-state index is 11.1. The van der Waals surface area contributed by atoms with E-state index in [1.54, 1.807) is 0 Å². The van der Waals surface area contributed by atoms with Crippen molar-refractivity contribution in [2.24, 2.45) is 5.84 Å². The number of amides is 1. The number of carbonyl (C=O) groups excluding carboxylic acids is 1. The van der Waals surface area contributed by atoms with Gasteiger partial charge in [0, 0.05) is 21.6 Å². The van der Waals surface area contributed by atoms with E-state index in [0.29, 0.717) is 0 Å². The minimum atomic E-state index is -0.215. The molecule has 15 heavy (non-hydrogen) atoms. The van der Waals surface area contributed by atoms with Crippen LogP contribution in [0, 0.1) is 0 Å². The summed E-state index contributed by atoms with van der Waals surface area (Å²) in [5.41, 5.74) is 3.12. The van der Waals surface area contributed by atoms with E-state index < -0.39 is 0 Å². The molecule has 0 saturated carbocycles. The summed E-state index contributed by atoms with van der Waals surface area (Å²) in [6, 6.07) is 7.83. The van der Waals surface area contributed by atoms with Crippen molar-refractivity contribution in [1.82, 2.24) is 9.99 Å². The molecule has 0 aliphatic heterocycles. The minimum absolute atomic E-state index is 0.215. The first kappa shape index (κ1) is 10.2. The molecule has 5 heteroatoms. The van der Waals surface area contributed by atoms with Crippen molar-refractivity contribution in [3.63, 3.8) is 0 Å². The lowest BCUT2D eigenvalue weighted by molar-refractivity contribution is -0.121. The van der Waals surface area contributed by atoms with E-state index in [4.69, 9.17) is 5.84 Å². The van der Waals surface area contributed by atoms with Crippen LogP contribution in [0.3, 0.4) is 0 Å². The summed E-state index contributed by atoms with van der Waals surface area (Å²) < 4.78 is 2.87. The molecule has 0 spiro atoms. The van der Waals surface area contributed by atoms with E-state index in [1.165, 1.54) is 0 Å². The molecular weight excluding hydrogens is 258 g/mol. The maximum atomic E-state index is 11.1. The molecule has 0 radical (unpaired) electrons. The summed E-state index contributed by atoms with van der Waals surface area (Å²) in [5.74, 6) is 4.83. The van der Waals surface area contributed by atoms with Crippen LogP contribution in [0.1, 0.15) is 0 Å². The minimum Gasteiger partial charge on any atom is -0.338 e. The standard InChI is InChI=1S/C10H10BrN3O/c11-8-2-1-3-9-7(8)4-5-14(9)6-10(15)13-12/h1-5H,6,12H2,(H,13,15). The molecule has 2 aromatic rings. The highest BCUT2D eigenvalue weighted by molar-refractivity contribution is 9.10. The zero-order chi connectivity index (χ0) is 10.8. The van der Waals surface area contributed by atoms with Crippen molar-refractivity contribution in [1.29, 1.82) is 0 Å². The number of rotatable bonds is 2. The zero-order valence-electron chi connectivity index (χ0n) is 7.90. The van der Waals surface area contributed by atoms with Crippen LogP contribution >= 0.6 is 15.9 Å². The van der Waals surface area contributed by atoms with E-state index in [-0.39, 0.29) is 12.5 Å². The molecule has 0 fully saturated rings. The third-order valence-corrected chi connectivity index (χ3v) is 2.93. The molecule has 0 aliphatic rings. The highest BCUT2D eigenvalue weighted by atomic mass is 79.9. The highest BCUT2D eigenvalue weighted by Crippen LogP contribution is 2.24. The summed E-state index contributed by atoms with van der Waals surface area (Å²) >= 11 is 3.45. The predicted octanol–water partition coefficient (Wildman–Crippen LogP) is 1.39. The van der Waals surface area contributed by atoms with Crippen molar-refractivity contribution in [2.45, 2.75) is 6.54 Å². The molecule has 1 aromatic carbocycles. The Balaban J connectivity index is 2.45. The Morgan fingerprint density at radius 2 is 2.27 bits per heavy atom. The van der Waals surface area contributed by atoms with Crippen LogP contribution in [0.2, 0.25) is 0 Å².